The van der Waals surface area contributed by atoms with E-state index in [1.54, 1.807) is 11.3 Å². The van der Waals surface area contributed by atoms with Crippen LogP contribution >= 0.6 is 11.3 Å². The van der Waals surface area contributed by atoms with Gasteiger partial charge >= 0.3 is 11.7 Å². The first kappa shape index (κ1) is 25.4. The van der Waals surface area contributed by atoms with Gasteiger partial charge < -0.3 is 9.69 Å². The number of hydrogen-bond acceptors (Lipinski definition) is 5. The van der Waals surface area contributed by atoms with Gasteiger partial charge in [0.05, 0.1) is 10.8 Å². The topological polar surface area (TPSA) is 81.0 Å². The molecule has 0 saturated heterocycles. The molecular formula is C34H26N6S. The minimum Gasteiger partial charge on any atom is -0.351 e. The number of nitrogens with zero attached hydrogens (tertiary/aromatic N) is 6. The summed E-state index contributed by atoms with van der Waals surface area (Å²) >= 11 is 1.78. The van der Waals surface area contributed by atoms with Crippen LogP contribution in [0.25, 0.3) is 42.0 Å². The van der Waals surface area contributed by atoms with E-state index in [1.807, 2.05) is 12.1 Å². The van der Waals surface area contributed by atoms with Crippen LogP contribution in [0.5, 0.6) is 0 Å². The van der Waals surface area contributed by atoms with Crippen molar-refractivity contribution in [2.75, 3.05) is 0 Å². The first-order chi connectivity index (χ1) is 20.0. The van der Waals surface area contributed by atoms with Crippen LogP contribution in [-0.4, -0.2) is 11.7 Å². The number of amidine groups is 2. The monoisotopic (exact) mass is 550 g/mol. The largest absolute Gasteiger partial charge is 0.351 e. The van der Waals surface area contributed by atoms with Crippen molar-refractivity contribution in [3.63, 3.8) is 0 Å². The molecule has 2 aromatic carbocycles. The number of aliphatic imine (C=N–C) groups is 2. The number of fused-ring (bicyclic) bond motifs is 7. The fourth-order valence-electron chi connectivity index (χ4n) is 7.83. The van der Waals surface area contributed by atoms with E-state index < -0.39 is 0 Å². The maximum atomic E-state index is 9.44. The standard InChI is InChI=1S/C34H26N6S/c1-37-31(19-35)39-29-15-21-13-27-23(17-25(21)33(29)9-5-3-6-10-33)24-18-26-22(14-28(24)41-27)16-30(40-32(20-36)38-2)34(26)11-7-4-8-12-34/h13-18H,3-12H2. The molecule has 3 aromatic rings. The number of thiophene rings is 1. The van der Waals surface area contributed by atoms with Crippen molar-refractivity contribution in [1.29, 1.82) is 10.5 Å². The summed E-state index contributed by atoms with van der Waals surface area (Å²) in [4.78, 5) is 15.9. The fraction of sp³-hybridized carbons (Fsp3) is 0.353. The predicted molar refractivity (Wildman–Crippen MR) is 164 cm³/mol. The SMILES string of the molecule is [C-]#[N+]C(C#N)=NC1=Cc2cc3sc4cc5c(cc4c3cc2C12CCCCC2)C1(CCCCC1)C(N=C(C#N)[N+]#[C-])=C5. The van der Waals surface area contributed by atoms with Gasteiger partial charge in [0.1, 0.15) is 23.5 Å². The Morgan fingerprint density at radius 1 is 0.683 bits per heavy atom. The highest BCUT2D eigenvalue weighted by atomic mass is 32.1. The van der Waals surface area contributed by atoms with Gasteiger partial charge in [0.2, 0.25) is 0 Å². The Labute approximate surface area is 243 Å². The van der Waals surface area contributed by atoms with Gasteiger partial charge in [-0.15, -0.1) is 21.3 Å². The summed E-state index contributed by atoms with van der Waals surface area (Å²) < 4.78 is 2.44. The van der Waals surface area contributed by atoms with Gasteiger partial charge in [-0.2, -0.15) is 0 Å². The van der Waals surface area contributed by atoms with Crippen molar-refractivity contribution in [1.82, 2.24) is 0 Å². The molecule has 1 heterocycles. The van der Waals surface area contributed by atoms with Crippen LogP contribution in [0.1, 0.15) is 86.5 Å². The van der Waals surface area contributed by atoms with E-state index in [0.717, 1.165) is 73.9 Å². The molecule has 198 valence electrons. The molecule has 0 atom stereocenters. The lowest BCUT2D eigenvalue weighted by Crippen LogP contribution is -2.29. The van der Waals surface area contributed by atoms with Crippen LogP contribution in [0.15, 0.2) is 45.6 Å². The molecule has 0 amide bonds. The van der Waals surface area contributed by atoms with Crippen LogP contribution in [0.3, 0.4) is 0 Å². The van der Waals surface area contributed by atoms with Crippen molar-refractivity contribution in [2.24, 2.45) is 9.98 Å². The number of rotatable bonds is 2. The molecule has 7 heteroatoms. The van der Waals surface area contributed by atoms with E-state index >= 15 is 0 Å². The van der Waals surface area contributed by atoms with Crippen molar-refractivity contribution in [3.8, 4) is 12.1 Å². The minimum atomic E-state index is -0.249. The highest BCUT2D eigenvalue weighted by molar-refractivity contribution is 7.25. The zero-order valence-corrected chi connectivity index (χ0v) is 23.4. The van der Waals surface area contributed by atoms with E-state index in [-0.39, 0.29) is 22.5 Å². The number of benzene rings is 2. The van der Waals surface area contributed by atoms with Gasteiger partial charge in [-0.1, -0.05) is 51.7 Å². The molecule has 2 saturated carbocycles. The van der Waals surface area contributed by atoms with Crippen LogP contribution in [0.4, 0.5) is 0 Å². The fourth-order valence-corrected chi connectivity index (χ4v) is 9.00. The third kappa shape index (κ3) is 3.70. The van der Waals surface area contributed by atoms with E-state index in [2.05, 4.69) is 56.1 Å². The molecule has 0 bridgehead atoms. The molecular weight excluding hydrogens is 524 g/mol. The molecule has 0 unspecified atom stereocenters. The van der Waals surface area contributed by atoms with E-state index in [4.69, 9.17) is 13.1 Å². The van der Waals surface area contributed by atoms with Gasteiger partial charge in [0.15, 0.2) is 0 Å². The lowest BCUT2D eigenvalue weighted by Gasteiger charge is -2.34. The summed E-state index contributed by atoms with van der Waals surface area (Å²) in [5.41, 5.74) is 6.09. The minimum absolute atomic E-state index is 0.0988. The maximum Gasteiger partial charge on any atom is 0.349 e. The quantitative estimate of drug-likeness (QED) is 0.181. The summed E-state index contributed by atoms with van der Waals surface area (Å²) in [5, 5.41) is 21.4. The normalized spacial score (nSPS) is 20.6. The predicted octanol–water partition coefficient (Wildman–Crippen LogP) is 8.85. The molecule has 41 heavy (non-hydrogen) atoms. The van der Waals surface area contributed by atoms with Gasteiger partial charge in [-0.3, -0.25) is 0 Å². The molecule has 4 aliphatic carbocycles. The highest BCUT2D eigenvalue weighted by Crippen LogP contribution is 2.56. The third-order valence-electron chi connectivity index (χ3n) is 9.69. The highest BCUT2D eigenvalue weighted by Gasteiger charge is 2.47. The molecule has 7 rings (SSSR count). The Morgan fingerprint density at radius 2 is 1.10 bits per heavy atom. The Hall–Kier alpha value is -4.56. The number of hydrogen-bond donors (Lipinski definition) is 0. The van der Waals surface area contributed by atoms with Crippen LogP contribution in [-0.2, 0) is 10.8 Å². The molecule has 0 radical (unpaired) electrons. The molecule has 6 nitrogen and oxygen atoms in total. The lowest BCUT2D eigenvalue weighted by atomic mass is 9.68. The second-order valence-electron chi connectivity index (χ2n) is 11.6. The summed E-state index contributed by atoms with van der Waals surface area (Å²) in [6.07, 6.45) is 14.9. The average Bonchev–Trinajstić information content (AvgIpc) is 3.60. The molecule has 4 aliphatic rings. The van der Waals surface area contributed by atoms with Gasteiger partial charge in [0.25, 0.3) is 0 Å². The Morgan fingerprint density at radius 3 is 1.46 bits per heavy atom. The van der Waals surface area contributed by atoms with Crippen molar-refractivity contribution >= 4 is 55.3 Å². The summed E-state index contributed by atoms with van der Waals surface area (Å²) in [5.74, 6) is -0.198. The van der Waals surface area contributed by atoms with E-state index in [0.29, 0.717) is 0 Å². The van der Waals surface area contributed by atoms with Crippen LogP contribution in [0.2, 0.25) is 0 Å². The Kier molecular flexibility index (Phi) is 5.90. The zero-order valence-electron chi connectivity index (χ0n) is 22.6. The van der Waals surface area contributed by atoms with Gasteiger partial charge in [-0.05, 0) is 84.4 Å². The van der Waals surface area contributed by atoms with Gasteiger partial charge in [0, 0.05) is 20.2 Å². The average molecular weight is 551 g/mol. The van der Waals surface area contributed by atoms with E-state index in [9.17, 15) is 10.5 Å². The maximum absolute atomic E-state index is 9.44. The molecule has 0 aliphatic heterocycles. The molecule has 1 aromatic heterocycles. The Bertz CT molecular complexity index is 1770. The second-order valence-corrected chi connectivity index (χ2v) is 12.7. The van der Waals surface area contributed by atoms with Crippen molar-refractivity contribution < 1.29 is 0 Å². The second kappa shape index (κ2) is 9.52. The summed E-state index contributed by atoms with van der Waals surface area (Å²) in [6, 6.07) is 13.2. The van der Waals surface area contributed by atoms with Crippen LogP contribution in [0, 0.1) is 35.8 Å². The van der Waals surface area contributed by atoms with E-state index in [1.165, 1.54) is 44.1 Å². The number of nitriles is 2. The van der Waals surface area contributed by atoms with Crippen molar-refractivity contribution in [3.05, 3.63) is 80.7 Å². The number of allylic oxidation sites excluding steroid dienone is 2. The zero-order chi connectivity index (χ0) is 28.2. The van der Waals surface area contributed by atoms with Gasteiger partial charge in [-0.25, -0.2) is 10.5 Å². The van der Waals surface area contributed by atoms with Crippen LogP contribution < -0.4 is 0 Å². The first-order valence-corrected chi connectivity index (χ1v) is 15.1. The smallest absolute Gasteiger partial charge is 0.349 e. The summed E-state index contributed by atoms with van der Waals surface area (Å²) in [6.45, 7) is 14.8. The first-order valence-electron chi connectivity index (χ1n) is 14.3. The molecule has 0 N–H and O–H groups in total. The van der Waals surface area contributed by atoms with Crippen molar-refractivity contribution in [2.45, 2.75) is 75.0 Å². The third-order valence-corrected chi connectivity index (χ3v) is 10.8. The lowest BCUT2D eigenvalue weighted by molar-refractivity contribution is 0.343. The Balaban J connectivity index is 1.42. The summed E-state index contributed by atoms with van der Waals surface area (Å²) in [7, 11) is 0. The molecule has 2 fully saturated rings. The molecule has 2 spiro atoms.